The Morgan fingerprint density at radius 2 is 2.25 bits per heavy atom. The molecule has 1 atom stereocenters. The zero-order valence-corrected chi connectivity index (χ0v) is 14.0. The van der Waals surface area contributed by atoms with Crippen LogP contribution in [0.4, 0.5) is 0 Å². The number of carboxylic acid groups (broad SMARTS) is 1. The zero-order valence-electron chi connectivity index (χ0n) is 13.1. The average molecular weight is 350 g/mol. The summed E-state index contributed by atoms with van der Waals surface area (Å²) < 4.78 is 10.7. The Morgan fingerprint density at radius 1 is 1.46 bits per heavy atom. The maximum absolute atomic E-state index is 11.6. The highest BCUT2D eigenvalue weighted by atomic mass is 32.2. The summed E-state index contributed by atoms with van der Waals surface area (Å²) in [6.45, 7) is 2.37. The molecule has 1 saturated heterocycles. The standard InChI is InChI=1S/C15H17N3O5S/c1-3-23-11-6-9(4-5-10(11)22-2)8-16-18-15-17-14(21)12(24-15)7-13(19)20/h4-6,8,12H,3,7H2,1-2H3,(H,19,20)(H,17,18,21)/p-1/b16-8-/t12-/m0/s1. The SMILES string of the molecule is CCOc1cc(/C=N\N=C2/NC(=O)[C@H](CC(=O)[O-])S2)ccc1OC. The number of methoxy groups -OCH3 is 1. The lowest BCUT2D eigenvalue weighted by Gasteiger charge is -2.09. The molecule has 24 heavy (non-hydrogen) atoms. The molecule has 1 amide bonds. The summed E-state index contributed by atoms with van der Waals surface area (Å²) in [6, 6.07) is 5.29. The maximum atomic E-state index is 11.6. The smallest absolute Gasteiger partial charge is 0.239 e. The molecule has 1 aliphatic rings. The van der Waals surface area contributed by atoms with Crippen LogP contribution in [0.2, 0.25) is 0 Å². The van der Waals surface area contributed by atoms with Gasteiger partial charge in [-0.2, -0.15) is 5.10 Å². The lowest BCUT2D eigenvalue weighted by atomic mass is 10.2. The molecule has 1 fully saturated rings. The predicted octanol–water partition coefficient (Wildman–Crippen LogP) is 0.155. The second kappa shape index (κ2) is 8.34. The van der Waals surface area contributed by atoms with Crippen LogP contribution in [-0.4, -0.2) is 42.2 Å². The van der Waals surface area contributed by atoms with Crippen molar-refractivity contribution < 1.29 is 24.2 Å². The fraction of sp³-hybridized carbons (Fsp3) is 0.333. The van der Waals surface area contributed by atoms with Crippen LogP contribution in [0, 0.1) is 0 Å². The fourth-order valence-electron chi connectivity index (χ4n) is 1.93. The number of thioether (sulfide) groups is 1. The third-order valence-corrected chi connectivity index (χ3v) is 4.04. The fourth-order valence-corrected chi connectivity index (χ4v) is 2.84. The molecular formula is C15H16N3O5S-. The number of rotatable bonds is 7. The Kier molecular flexibility index (Phi) is 6.19. The van der Waals surface area contributed by atoms with Crippen molar-refractivity contribution in [3.63, 3.8) is 0 Å². The van der Waals surface area contributed by atoms with E-state index < -0.39 is 17.1 Å². The van der Waals surface area contributed by atoms with E-state index >= 15 is 0 Å². The Hall–Kier alpha value is -2.55. The van der Waals surface area contributed by atoms with Crippen molar-refractivity contribution in [2.24, 2.45) is 10.2 Å². The quantitative estimate of drug-likeness (QED) is 0.553. The molecule has 0 spiro atoms. The van der Waals surface area contributed by atoms with E-state index in [9.17, 15) is 14.7 Å². The summed E-state index contributed by atoms with van der Waals surface area (Å²) in [6.07, 6.45) is 1.13. The molecular weight excluding hydrogens is 334 g/mol. The van der Waals surface area contributed by atoms with Crippen molar-refractivity contribution in [3.8, 4) is 11.5 Å². The maximum Gasteiger partial charge on any atom is 0.239 e. The van der Waals surface area contributed by atoms with Gasteiger partial charge in [-0.15, -0.1) is 5.10 Å². The first kappa shape index (κ1) is 17.8. The normalized spacial score (nSPS) is 18.8. The van der Waals surface area contributed by atoms with Crippen LogP contribution in [0.25, 0.3) is 0 Å². The summed E-state index contributed by atoms with van der Waals surface area (Å²) in [7, 11) is 1.56. The highest BCUT2D eigenvalue weighted by Gasteiger charge is 2.30. The van der Waals surface area contributed by atoms with Crippen molar-refractivity contribution in [3.05, 3.63) is 23.8 Å². The number of amidine groups is 1. The Labute approximate surface area is 142 Å². The molecule has 0 radical (unpaired) electrons. The molecule has 0 saturated carbocycles. The van der Waals surface area contributed by atoms with Gasteiger partial charge >= 0.3 is 0 Å². The van der Waals surface area contributed by atoms with Gasteiger partial charge in [0.15, 0.2) is 16.7 Å². The summed E-state index contributed by atoms with van der Waals surface area (Å²) in [4.78, 5) is 22.1. The van der Waals surface area contributed by atoms with Crippen molar-refractivity contribution in [2.45, 2.75) is 18.6 Å². The van der Waals surface area contributed by atoms with E-state index in [-0.39, 0.29) is 11.6 Å². The summed E-state index contributed by atoms with van der Waals surface area (Å²) in [5, 5.41) is 20.3. The number of ether oxygens (including phenoxy) is 2. The van der Waals surface area contributed by atoms with Crippen molar-refractivity contribution in [1.82, 2.24) is 5.32 Å². The van der Waals surface area contributed by atoms with Gasteiger partial charge in [-0.3, -0.25) is 4.79 Å². The molecule has 0 unspecified atom stereocenters. The molecule has 2 rings (SSSR count). The molecule has 1 aliphatic heterocycles. The number of benzene rings is 1. The van der Waals surface area contributed by atoms with Crippen LogP contribution < -0.4 is 19.9 Å². The van der Waals surface area contributed by atoms with Crippen LogP contribution >= 0.6 is 11.8 Å². The van der Waals surface area contributed by atoms with Crippen molar-refractivity contribution in [2.75, 3.05) is 13.7 Å². The second-order valence-electron chi connectivity index (χ2n) is 4.66. The van der Waals surface area contributed by atoms with E-state index in [1.165, 1.54) is 6.21 Å². The first-order valence-corrected chi connectivity index (χ1v) is 8.00. The van der Waals surface area contributed by atoms with E-state index in [1.54, 1.807) is 25.3 Å². The highest BCUT2D eigenvalue weighted by Crippen LogP contribution is 2.27. The predicted molar refractivity (Wildman–Crippen MR) is 88.3 cm³/mol. The topological polar surface area (TPSA) is 112 Å². The van der Waals surface area contributed by atoms with Gasteiger partial charge in [-0.25, -0.2) is 0 Å². The molecule has 128 valence electrons. The van der Waals surface area contributed by atoms with E-state index in [2.05, 4.69) is 15.5 Å². The van der Waals surface area contributed by atoms with Gasteiger partial charge in [0.05, 0.1) is 25.2 Å². The number of carboxylic acids is 1. The minimum Gasteiger partial charge on any atom is -0.550 e. The number of nitrogens with one attached hydrogen (secondary N) is 1. The minimum absolute atomic E-state index is 0.251. The summed E-state index contributed by atoms with van der Waals surface area (Å²) >= 11 is 1.01. The van der Waals surface area contributed by atoms with Crippen molar-refractivity contribution >= 4 is 35.0 Å². The largest absolute Gasteiger partial charge is 0.550 e. The molecule has 8 nitrogen and oxygen atoms in total. The number of carbonyl (C=O) groups excluding carboxylic acids is 2. The monoisotopic (exact) mass is 350 g/mol. The number of nitrogens with zero attached hydrogens (tertiary/aromatic N) is 2. The van der Waals surface area contributed by atoms with Crippen LogP contribution in [0.5, 0.6) is 11.5 Å². The van der Waals surface area contributed by atoms with Gasteiger partial charge in [0.2, 0.25) is 5.91 Å². The number of amides is 1. The molecule has 1 aromatic carbocycles. The lowest BCUT2D eigenvalue weighted by Crippen LogP contribution is -2.31. The second-order valence-corrected chi connectivity index (χ2v) is 5.86. The van der Waals surface area contributed by atoms with Gasteiger partial charge < -0.3 is 24.7 Å². The first-order chi connectivity index (χ1) is 11.5. The third kappa shape index (κ3) is 4.72. The molecule has 1 N–H and O–H groups in total. The van der Waals surface area contributed by atoms with E-state index in [0.29, 0.717) is 18.1 Å². The number of carbonyl (C=O) groups is 2. The lowest BCUT2D eigenvalue weighted by molar-refractivity contribution is -0.305. The van der Waals surface area contributed by atoms with Gasteiger partial charge in [-0.05, 0) is 30.7 Å². The molecule has 0 aromatic heterocycles. The number of hydrogen-bond donors (Lipinski definition) is 1. The van der Waals surface area contributed by atoms with Crippen LogP contribution in [0.15, 0.2) is 28.4 Å². The average Bonchev–Trinajstić information content (AvgIpc) is 2.87. The highest BCUT2D eigenvalue weighted by molar-refractivity contribution is 8.15. The summed E-state index contributed by atoms with van der Waals surface area (Å²) in [5.41, 5.74) is 0.740. The number of aliphatic carboxylic acids is 1. The van der Waals surface area contributed by atoms with Crippen LogP contribution in [-0.2, 0) is 9.59 Å². The first-order valence-electron chi connectivity index (χ1n) is 7.12. The minimum atomic E-state index is -1.28. The molecule has 1 aromatic rings. The van der Waals surface area contributed by atoms with Gasteiger partial charge in [0.1, 0.15) is 0 Å². The summed E-state index contributed by atoms with van der Waals surface area (Å²) in [5.74, 6) is -0.492. The van der Waals surface area contributed by atoms with Crippen LogP contribution in [0.3, 0.4) is 0 Å². The van der Waals surface area contributed by atoms with Gasteiger partial charge in [-0.1, -0.05) is 11.8 Å². The van der Waals surface area contributed by atoms with Gasteiger partial charge in [0.25, 0.3) is 0 Å². The zero-order chi connectivity index (χ0) is 17.5. The third-order valence-electron chi connectivity index (χ3n) is 2.97. The van der Waals surface area contributed by atoms with Gasteiger partial charge in [0, 0.05) is 12.4 Å². The Balaban J connectivity index is 2.05. The Morgan fingerprint density at radius 3 is 2.92 bits per heavy atom. The van der Waals surface area contributed by atoms with Crippen LogP contribution in [0.1, 0.15) is 18.9 Å². The molecule has 0 aliphatic carbocycles. The Bertz CT molecular complexity index is 690. The van der Waals surface area contributed by atoms with E-state index in [4.69, 9.17) is 9.47 Å². The molecule has 0 bridgehead atoms. The molecule has 1 heterocycles. The van der Waals surface area contributed by atoms with E-state index in [0.717, 1.165) is 17.3 Å². The molecule has 9 heteroatoms. The number of hydrogen-bond acceptors (Lipinski definition) is 8. The van der Waals surface area contributed by atoms with Crippen molar-refractivity contribution in [1.29, 1.82) is 0 Å². The van der Waals surface area contributed by atoms with E-state index in [1.807, 2.05) is 6.92 Å².